The van der Waals surface area contributed by atoms with Crippen molar-refractivity contribution in [3.8, 4) is 5.75 Å². The van der Waals surface area contributed by atoms with E-state index in [1.54, 1.807) is 6.07 Å². The summed E-state index contributed by atoms with van der Waals surface area (Å²) in [7, 11) is 0. The second-order valence-electron chi connectivity index (χ2n) is 6.53. The summed E-state index contributed by atoms with van der Waals surface area (Å²) in [5.74, 6) is 0.262. The molecule has 0 aliphatic heterocycles. The van der Waals surface area contributed by atoms with Crippen molar-refractivity contribution in [3.05, 3.63) is 71.3 Å². The summed E-state index contributed by atoms with van der Waals surface area (Å²) in [6, 6.07) is 11.3. The third kappa shape index (κ3) is 5.30. The summed E-state index contributed by atoms with van der Waals surface area (Å²) in [6.07, 6.45) is 4.79. The first kappa shape index (κ1) is 20.9. The fourth-order valence-corrected chi connectivity index (χ4v) is 3.19. The van der Waals surface area contributed by atoms with E-state index in [-0.39, 0.29) is 19.0 Å². The number of benzene rings is 2. The Kier molecular flexibility index (Phi) is 7.80. The lowest BCUT2D eigenvalue weighted by Crippen LogP contribution is -2.14. The molecule has 27 heavy (non-hydrogen) atoms. The topological polar surface area (TPSA) is 80.9 Å². The van der Waals surface area contributed by atoms with E-state index in [1.165, 1.54) is 11.6 Å². The van der Waals surface area contributed by atoms with Crippen LogP contribution in [0.2, 0.25) is 0 Å². The molecule has 1 unspecified atom stereocenters. The normalized spacial score (nSPS) is 13.8. The van der Waals surface area contributed by atoms with E-state index in [2.05, 4.69) is 19.6 Å². The lowest BCUT2D eigenvalue weighted by Gasteiger charge is -2.17. The molecule has 2 aromatic rings. The van der Waals surface area contributed by atoms with Crippen molar-refractivity contribution in [2.75, 3.05) is 13.2 Å². The number of aliphatic hydroxyl groups is 3. The molecule has 0 heterocycles. The molecule has 2 rings (SSSR count). The summed E-state index contributed by atoms with van der Waals surface area (Å²) in [6.45, 7) is 5.35. The minimum absolute atomic E-state index is 0.207. The number of phenolic OH excluding ortho intramolecular Hbond substituents is 1. The number of hydrogen-bond acceptors (Lipinski definition) is 4. The zero-order valence-corrected chi connectivity index (χ0v) is 15.7. The van der Waals surface area contributed by atoms with E-state index >= 15 is 0 Å². The summed E-state index contributed by atoms with van der Waals surface area (Å²) in [4.78, 5) is 0. The fourth-order valence-electron chi connectivity index (χ4n) is 3.19. The first-order valence-corrected chi connectivity index (χ1v) is 9.19. The highest BCUT2D eigenvalue weighted by Crippen LogP contribution is 2.30. The Labute approximate surface area is 160 Å². The Balaban J connectivity index is 2.22. The average Bonchev–Trinajstić information content (AvgIpc) is 2.70. The molecule has 0 radical (unpaired) electrons. The van der Waals surface area contributed by atoms with Crippen molar-refractivity contribution in [2.24, 2.45) is 0 Å². The van der Waals surface area contributed by atoms with E-state index in [0.29, 0.717) is 24.0 Å². The molecular formula is C23H28O4. The van der Waals surface area contributed by atoms with Crippen LogP contribution < -0.4 is 0 Å². The maximum atomic E-state index is 10.4. The Hall–Kier alpha value is -2.40. The number of aromatic hydroxyl groups is 1. The first-order chi connectivity index (χ1) is 13.0. The van der Waals surface area contributed by atoms with Gasteiger partial charge in [-0.1, -0.05) is 61.6 Å². The number of allylic oxidation sites excluding steroid dienone is 1. The molecular weight excluding hydrogens is 340 g/mol. The summed E-state index contributed by atoms with van der Waals surface area (Å²) in [5, 5.41) is 40.7. The van der Waals surface area contributed by atoms with Gasteiger partial charge < -0.3 is 20.4 Å². The van der Waals surface area contributed by atoms with E-state index in [1.807, 2.05) is 30.3 Å². The molecule has 0 spiro atoms. The van der Waals surface area contributed by atoms with Crippen LogP contribution in [0.4, 0.5) is 0 Å². The molecule has 4 nitrogen and oxygen atoms in total. The minimum Gasteiger partial charge on any atom is -0.507 e. The molecule has 144 valence electrons. The number of aliphatic hydroxyl groups excluding tert-OH is 3. The van der Waals surface area contributed by atoms with Crippen LogP contribution in [0.3, 0.4) is 0 Å². The zero-order valence-electron chi connectivity index (χ0n) is 15.7. The van der Waals surface area contributed by atoms with Crippen molar-refractivity contribution >= 4 is 16.8 Å². The van der Waals surface area contributed by atoms with Crippen molar-refractivity contribution in [3.63, 3.8) is 0 Å². The number of hydrogen-bond donors (Lipinski definition) is 4. The quantitative estimate of drug-likeness (QED) is 0.505. The van der Waals surface area contributed by atoms with Crippen LogP contribution in [-0.2, 0) is 0 Å². The van der Waals surface area contributed by atoms with Crippen LogP contribution in [0.15, 0.2) is 65.8 Å². The maximum absolute atomic E-state index is 10.4. The third-order valence-electron chi connectivity index (χ3n) is 4.76. The van der Waals surface area contributed by atoms with Gasteiger partial charge in [-0.05, 0) is 47.4 Å². The molecule has 0 saturated carbocycles. The largest absolute Gasteiger partial charge is 0.507 e. The predicted molar refractivity (Wildman–Crippen MR) is 111 cm³/mol. The smallest absolute Gasteiger partial charge is 0.123 e. The number of phenols is 1. The molecule has 2 aromatic carbocycles. The van der Waals surface area contributed by atoms with Crippen LogP contribution >= 0.6 is 0 Å². The second kappa shape index (κ2) is 10.1. The van der Waals surface area contributed by atoms with Gasteiger partial charge in [-0.3, -0.25) is 0 Å². The lowest BCUT2D eigenvalue weighted by molar-refractivity contribution is 0.197. The third-order valence-corrected chi connectivity index (χ3v) is 4.76. The van der Waals surface area contributed by atoms with Crippen LogP contribution in [0.1, 0.15) is 31.7 Å². The zero-order chi connectivity index (χ0) is 19.8. The van der Waals surface area contributed by atoms with Crippen LogP contribution in [0.5, 0.6) is 5.75 Å². The highest BCUT2D eigenvalue weighted by Gasteiger charge is 2.14. The van der Waals surface area contributed by atoms with Gasteiger partial charge in [0.1, 0.15) is 5.75 Å². The predicted octanol–water partition coefficient (Wildman–Crippen LogP) is 3.95. The van der Waals surface area contributed by atoms with Gasteiger partial charge in [-0.15, -0.1) is 0 Å². The van der Waals surface area contributed by atoms with Gasteiger partial charge in [0.05, 0.1) is 19.3 Å². The minimum atomic E-state index is -0.789. The van der Waals surface area contributed by atoms with Gasteiger partial charge in [0.2, 0.25) is 0 Å². The highest BCUT2D eigenvalue weighted by atomic mass is 16.3. The van der Waals surface area contributed by atoms with Crippen LogP contribution in [0, 0.1) is 0 Å². The summed E-state index contributed by atoms with van der Waals surface area (Å²) in [5.41, 5.74) is 3.11. The highest BCUT2D eigenvalue weighted by molar-refractivity contribution is 5.94. The second-order valence-corrected chi connectivity index (χ2v) is 6.53. The van der Waals surface area contributed by atoms with Crippen molar-refractivity contribution in [1.82, 2.24) is 0 Å². The molecule has 0 saturated heterocycles. The monoisotopic (exact) mass is 368 g/mol. The molecule has 0 bridgehead atoms. The van der Waals surface area contributed by atoms with Gasteiger partial charge in [0, 0.05) is 5.39 Å². The fraction of sp³-hybridized carbons (Fsp3) is 0.304. The Morgan fingerprint density at radius 3 is 2.44 bits per heavy atom. The van der Waals surface area contributed by atoms with Gasteiger partial charge >= 0.3 is 0 Å². The van der Waals surface area contributed by atoms with Gasteiger partial charge in [0.15, 0.2) is 0 Å². The van der Waals surface area contributed by atoms with E-state index < -0.39 is 6.10 Å². The summed E-state index contributed by atoms with van der Waals surface area (Å²) < 4.78 is 0. The molecule has 0 aromatic heterocycles. The van der Waals surface area contributed by atoms with E-state index in [9.17, 15) is 15.3 Å². The van der Waals surface area contributed by atoms with Gasteiger partial charge in [0.25, 0.3) is 0 Å². The Bertz CT molecular complexity index is 849. The molecule has 1 atom stereocenters. The van der Waals surface area contributed by atoms with Crippen molar-refractivity contribution in [1.29, 1.82) is 0 Å². The summed E-state index contributed by atoms with van der Waals surface area (Å²) >= 11 is 0. The number of fused-ring (bicyclic) bond motifs is 1. The van der Waals surface area contributed by atoms with E-state index in [0.717, 1.165) is 22.8 Å². The Morgan fingerprint density at radius 1 is 1.11 bits per heavy atom. The molecule has 0 amide bonds. The van der Waals surface area contributed by atoms with Crippen LogP contribution in [-0.4, -0.2) is 39.7 Å². The lowest BCUT2D eigenvalue weighted by atomic mass is 9.94. The standard InChI is InChI=1S/C23H28O4/c1-3-17(8-10-22(26)19(12-13-24)16(2)15-25)14-18-9-11-23(27)21-7-5-4-6-20(18)21/h4-7,9,11-12,14,22,24-27H,2-3,8,10,13,15H2,1H3/b17-14+,19-12-. The SMILES string of the molecule is C=C(CO)/C(=C/CO)C(O)CC/C(=C/c1ccc(O)c2ccccc12)CC. The van der Waals surface area contributed by atoms with Crippen molar-refractivity contribution in [2.45, 2.75) is 32.3 Å². The molecule has 4 N–H and O–H groups in total. The number of rotatable bonds is 9. The van der Waals surface area contributed by atoms with E-state index in [4.69, 9.17) is 5.11 Å². The molecule has 0 aliphatic rings. The van der Waals surface area contributed by atoms with Gasteiger partial charge in [-0.25, -0.2) is 0 Å². The molecule has 0 fully saturated rings. The van der Waals surface area contributed by atoms with Crippen LogP contribution in [0.25, 0.3) is 16.8 Å². The first-order valence-electron chi connectivity index (χ1n) is 9.19. The maximum Gasteiger partial charge on any atom is 0.123 e. The average molecular weight is 368 g/mol. The van der Waals surface area contributed by atoms with Crippen molar-refractivity contribution < 1.29 is 20.4 Å². The Morgan fingerprint density at radius 2 is 1.81 bits per heavy atom. The van der Waals surface area contributed by atoms with Gasteiger partial charge in [-0.2, -0.15) is 0 Å². The molecule has 0 aliphatic carbocycles. The molecule has 4 heteroatoms.